The molecule has 2 aromatic rings. The summed E-state index contributed by atoms with van der Waals surface area (Å²) in [5.74, 6) is 2.99. The zero-order chi connectivity index (χ0) is 12.8. The van der Waals surface area contributed by atoms with Crippen molar-refractivity contribution in [3.05, 3.63) is 29.0 Å². The van der Waals surface area contributed by atoms with Crippen LogP contribution in [0.25, 0.3) is 11.0 Å². The zero-order valence-corrected chi connectivity index (χ0v) is 13.5. The van der Waals surface area contributed by atoms with Crippen molar-refractivity contribution in [2.75, 3.05) is 0 Å². The fourth-order valence-corrected chi connectivity index (χ4v) is 2.00. The Kier molecular flexibility index (Phi) is 6.17. The molecule has 0 unspecified atom stereocenters. The van der Waals surface area contributed by atoms with E-state index in [0.717, 1.165) is 16.6 Å². The average Bonchev–Trinajstić information content (AvgIpc) is 2.70. The van der Waals surface area contributed by atoms with Gasteiger partial charge in [0.05, 0.1) is 22.4 Å². The van der Waals surface area contributed by atoms with Gasteiger partial charge in [0.15, 0.2) is 0 Å². The fraction of sp³-hybridized carbons (Fsp3) is 0.250. The number of benzene rings is 1. The van der Waals surface area contributed by atoms with Gasteiger partial charge in [-0.2, -0.15) is 0 Å². The van der Waals surface area contributed by atoms with Gasteiger partial charge in [0.25, 0.3) is 0 Å². The largest absolute Gasteiger partial charge is 0.334 e. The molecule has 0 aliphatic heterocycles. The van der Waals surface area contributed by atoms with Gasteiger partial charge in [0.1, 0.15) is 0 Å². The molecule has 0 spiro atoms. The Morgan fingerprint density at radius 2 is 2.12 bits per heavy atom. The van der Waals surface area contributed by atoms with Crippen molar-refractivity contribution >= 4 is 52.8 Å². The molecule has 2 rings (SSSR count). The van der Waals surface area contributed by atoms with Gasteiger partial charge in [0.2, 0.25) is 0 Å². The van der Waals surface area contributed by atoms with Gasteiger partial charge in [-0.15, -0.1) is 0 Å². The summed E-state index contributed by atoms with van der Waals surface area (Å²) >= 11 is 8.24. The molecule has 1 aromatic heterocycles. The van der Waals surface area contributed by atoms with E-state index >= 15 is 0 Å². The van der Waals surface area contributed by atoms with Gasteiger partial charge in [-0.3, -0.25) is 0 Å². The highest BCUT2D eigenvalue weighted by Crippen LogP contribution is 2.22. The van der Waals surface area contributed by atoms with Gasteiger partial charge in [0, 0.05) is 33.8 Å². The highest BCUT2D eigenvalue weighted by molar-refractivity contribution is 14.2. The number of aryl methyl sites for hydroxylation is 1. The number of hydrogen-bond acceptors (Lipinski definition) is 2. The van der Waals surface area contributed by atoms with Crippen molar-refractivity contribution in [1.82, 2.24) is 9.55 Å². The van der Waals surface area contributed by atoms with Crippen molar-refractivity contribution in [2.45, 2.75) is 13.8 Å². The maximum absolute atomic E-state index is 6.11. The van der Waals surface area contributed by atoms with E-state index in [1.165, 1.54) is 8.93 Å². The molecule has 0 radical (unpaired) electrons. The summed E-state index contributed by atoms with van der Waals surface area (Å²) in [6.07, 6.45) is 1.77. The number of aromatic nitrogens is 2. The number of hydrogen-bond donors (Lipinski definition) is 0. The third kappa shape index (κ3) is 3.54. The molecule has 2 nitrogen and oxygen atoms in total. The molecule has 0 saturated carbocycles. The summed E-state index contributed by atoms with van der Waals surface area (Å²) in [6, 6.07) is 3.81. The lowest BCUT2D eigenvalue weighted by atomic mass is 10.2. The molecule has 1 aromatic carbocycles. The smallest absolute Gasteiger partial charge is 0.0955 e. The van der Waals surface area contributed by atoms with Crippen LogP contribution in [0.5, 0.6) is 0 Å². The van der Waals surface area contributed by atoms with Crippen LogP contribution in [0.2, 0.25) is 5.02 Å². The van der Waals surface area contributed by atoms with Gasteiger partial charge in [-0.1, -0.05) is 31.4 Å². The van der Waals surface area contributed by atoms with E-state index in [9.17, 15) is 0 Å². The molecular formula is C12H12ClIN2S. The molecule has 0 aliphatic rings. The first-order chi connectivity index (χ1) is 8.22. The minimum absolute atomic E-state index is 0.670. The number of imidazole rings is 1. The maximum Gasteiger partial charge on any atom is 0.0955 e. The molecule has 0 aliphatic carbocycles. The predicted molar refractivity (Wildman–Crippen MR) is 85.6 cm³/mol. The summed E-state index contributed by atoms with van der Waals surface area (Å²) in [4.78, 5) is 4.26. The van der Waals surface area contributed by atoms with Crippen LogP contribution in [-0.4, -0.2) is 9.55 Å². The SMILES string of the molecule is CC.Cn1cnc2cc(C#CSI)c(Cl)cc21. The monoisotopic (exact) mass is 378 g/mol. The van der Waals surface area contributed by atoms with Gasteiger partial charge < -0.3 is 4.57 Å². The second-order valence-corrected chi connectivity index (χ2v) is 5.07. The van der Waals surface area contributed by atoms with Gasteiger partial charge >= 0.3 is 0 Å². The van der Waals surface area contributed by atoms with E-state index in [1.54, 1.807) is 6.33 Å². The second-order valence-electron chi connectivity index (χ2n) is 2.98. The molecule has 0 bridgehead atoms. The highest BCUT2D eigenvalue weighted by Gasteiger charge is 2.04. The van der Waals surface area contributed by atoms with Crippen molar-refractivity contribution in [1.29, 1.82) is 0 Å². The van der Waals surface area contributed by atoms with Crippen LogP contribution >= 0.6 is 41.7 Å². The molecule has 0 atom stereocenters. The minimum atomic E-state index is 0.670. The summed E-state index contributed by atoms with van der Waals surface area (Å²) in [5, 5.41) is 3.58. The van der Waals surface area contributed by atoms with Crippen molar-refractivity contribution in [3.63, 3.8) is 0 Å². The molecule has 90 valence electrons. The second kappa shape index (κ2) is 7.14. The van der Waals surface area contributed by atoms with Crippen LogP contribution in [0.3, 0.4) is 0 Å². The molecule has 5 heteroatoms. The summed E-state index contributed by atoms with van der Waals surface area (Å²) in [7, 11) is 3.38. The van der Waals surface area contributed by atoms with Crippen LogP contribution in [0.15, 0.2) is 18.5 Å². The summed E-state index contributed by atoms with van der Waals surface area (Å²) < 4.78 is 1.94. The Balaban J connectivity index is 0.000000686. The first kappa shape index (κ1) is 14.7. The topological polar surface area (TPSA) is 17.8 Å². The fourth-order valence-electron chi connectivity index (χ4n) is 1.32. The van der Waals surface area contributed by atoms with Crippen LogP contribution in [0.1, 0.15) is 19.4 Å². The van der Waals surface area contributed by atoms with E-state index in [2.05, 4.69) is 37.4 Å². The lowest BCUT2D eigenvalue weighted by molar-refractivity contribution is 0.947. The standard InChI is InChI=1S/C10H6ClIN2S.C2H6/c1-14-6-13-9-4-7(2-3-15-12)8(11)5-10(9)14;1-2/h4-6H,1H3;1-2H3. The van der Waals surface area contributed by atoms with Crippen molar-refractivity contribution in [2.24, 2.45) is 7.05 Å². The Morgan fingerprint density at radius 1 is 1.41 bits per heavy atom. The lowest BCUT2D eigenvalue weighted by Gasteiger charge is -1.98. The van der Waals surface area contributed by atoms with Crippen molar-refractivity contribution < 1.29 is 0 Å². The van der Waals surface area contributed by atoms with E-state index in [1.807, 2.05) is 37.6 Å². The molecule has 0 saturated heterocycles. The van der Waals surface area contributed by atoms with Gasteiger partial charge in [-0.25, -0.2) is 4.98 Å². The molecule has 0 N–H and O–H groups in total. The van der Waals surface area contributed by atoms with Crippen LogP contribution in [0.4, 0.5) is 0 Å². The third-order valence-electron chi connectivity index (χ3n) is 2.04. The number of nitrogens with zero attached hydrogens (tertiary/aromatic N) is 2. The third-order valence-corrected chi connectivity index (χ3v) is 3.19. The van der Waals surface area contributed by atoms with E-state index in [4.69, 9.17) is 11.6 Å². The van der Waals surface area contributed by atoms with Crippen molar-refractivity contribution in [3.8, 4) is 11.2 Å². The Morgan fingerprint density at radius 3 is 2.76 bits per heavy atom. The molecule has 0 amide bonds. The molecule has 1 heterocycles. The first-order valence-electron chi connectivity index (χ1n) is 5.11. The van der Waals surface area contributed by atoms with Crippen LogP contribution in [-0.2, 0) is 7.05 Å². The van der Waals surface area contributed by atoms with Crippen LogP contribution in [0, 0.1) is 11.2 Å². The quantitative estimate of drug-likeness (QED) is 0.491. The number of fused-ring (bicyclic) bond motifs is 1. The van der Waals surface area contributed by atoms with Gasteiger partial charge in [-0.05, 0) is 26.3 Å². The predicted octanol–water partition coefficient (Wildman–Crippen LogP) is 4.65. The molecular weight excluding hydrogens is 367 g/mol. The maximum atomic E-state index is 6.11. The Labute approximate surface area is 123 Å². The van der Waals surface area contributed by atoms with E-state index in [-0.39, 0.29) is 0 Å². The normalized spacial score (nSPS) is 9.24. The highest BCUT2D eigenvalue weighted by atomic mass is 127. The Hall–Kier alpha value is -0.380. The zero-order valence-electron chi connectivity index (χ0n) is 9.79. The van der Waals surface area contributed by atoms with E-state index in [0.29, 0.717) is 5.02 Å². The lowest BCUT2D eigenvalue weighted by Crippen LogP contribution is -1.85. The first-order valence-corrected chi connectivity index (χ1v) is 8.85. The van der Waals surface area contributed by atoms with Crippen LogP contribution < -0.4 is 0 Å². The number of rotatable bonds is 0. The summed E-state index contributed by atoms with van der Waals surface area (Å²) in [6.45, 7) is 4.00. The molecule has 0 fully saturated rings. The molecule has 17 heavy (non-hydrogen) atoms. The Bertz CT molecular complexity index is 569. The summed E-state index contributed by atoms with van der Waals surface area (Å²) in [5.41, 5.74) is 2.77. The van der Waals surface area contributed by atoms with E-state index < -0.39 is 0 Å². The number of halogens is 2. The average molecular weight is 379 g/mol. The minimum Gasteiger partial charge on any atom is -0.334 e.